The number of hydrogen-bond acceptors (Lipinski definition) is 4. The van der Waals surface area contributed by atoms with Crippen molar-refractivity contribution < 1.29 is 13.2 Å². The topological polar surface area (TPSA) is 92.5 Å². The minimum absolute atomic E-state index is 0. The Morgan fingerprint density at radius 2 is 1.91 bits per heavy atom. The van der Waals surface area contributed by atoms with E-state index in [1.54, 1.807) is 12.1 Å². The molecule has 0 fully saturated rings. The van der Waals surface area contributed by atoms with E-state index in [1.807, 2.05) is 13.8 Å². The van der Waals surface area contributed by atoms with Crippen molar-refractivity contribution in [2.24, 2.45) is 11.7 Å². The molecule has 3 N–H and O–H groups in total. The lowest BCUT2D eigenvalue weighted by Gasteiger charge is -2.15. The highest BCUT2D eigenvalue weighted by atomic mass is 35.5. The largest absolute Gasteiger partial charge is 0.325 e. The number of nitrogens with two attached hydrogens (primary N) is 1. The fraction of sp³-hybridized carbons (Fsp3) is 0.500. The lowest BCUT2D eigenvalue weighted by molar-refractivity contribution is -0.117. The van der Waals surface area contributed by atoms with Crippen LogP contribution in [0.25, 0.3) is 0 Å². The molecule has 1 aromatic carbocycles. The third-order valence-electron chi connectivity index (χ3n) is 2.94. The molecule has 1 atom stereocenters. The Morgan fingerprint density at radius 3 is 2.41 bits per heavy atom. The molecule has 0 aliphatic rings. The van der Waals surface area contributed by atoms with E-state index in [2.05, 4.69) is 5.32 Å². The summed E-state index contributed by atoms with van der Waals surface area (Å²) in [5.74, 6) is -0.00527. The first-order valence-electron chi connectivity index (χ1n) is 6.73. The average molecular weight is 350 g/mol. The maximum absolute atomic E-state index is 12.0. The van der Waals surface area contributed by atoms with Gasteiger partial charge in [0, 0.05) is 19.8 Å². The Hall–Kier alpha value is -1.15. The van der Waals surface area contributed by atoms with Gasteiger partial charge in [0.25, 0.3) is 0 Å². The zero-order chi connectivity index (χ0) is 16.2. The van der Waals surface area contributed by atoms with Gasteiger partial charge in [0.1, 0.15) is 0 Å². The predicted molar refractivity (Wildman–Crippen MR) is 90.6 cm³/mol. The van der Waals surface area contributed by atoms with E-state index in [4.69, 9.17) is 5.73 Å². The Morgan fingerprint density at radius 1 is 1.32 bits per heavy atom. The molecule has 0 saturated heterocycles. The van der Waals surface area contributed by atoms with E-state index in [0.29, 0.717) is 18.0 Å². The van der Waals surface area contributed by atoms with Crippen LogP contribution in [0.15, 0.2) is 29.2 Å². The summed E-state index contributed by atoms with van der Waals surface area (Å²) in [5, 5.41) is 2.65. The van der Waals surface area contributed by atoms with Crippen LogP contribution in [0.1, 0.15) is 20.3 Å². The summed E-state index contributed by atoms with van der Waals surface area (Å²) in [6.07, 6.45) is 0.571. The van der Waals surface area contributed by atoms with E-state index in [0.717, 1.165) is 4.31 Å². The van der Waals surface area contributed by atoms with Crippen molar-refractivity contribution in [1.29, 1.82) is 0 Å². The fourth-order valence-corrected chi connectivity index (χ4v) is 2.74. The first-order valence-corrected chi connectivity index (χ1v) is 8.17. The van der Waals surface area contributed by atoms with Gasteiger partial charge in [-0.25, -0.2) is 12.7 Å². The molecule has 1 rings (SSSR count). The SMILES string of the molecule is CC(C)C[C@H](N)C(=O)Nc1cccc(S(=O)(=O)N(C)C)c1.Cl. The number of nitrogens with one attached hydrogen (secondary N) is 1. The van der Waals surface area contributed by atoms with Crippen LogP contribution in [0, 0.1) is 5.92 Å². The lowest BCUT2D eigenvalue weighted by Crippen LogP contribution is -2.36. The Balaban J connectivity index is 0.00000441. The van der Waals surface area contributed by atoms with Crippen LogP contribution in [0.2, 0.25) is 0 Å². The minimum Gasteiger partial charge on any atom is -0.325 e. The molecule has 0 aliphatic heterocycles. The second-order valence-corrected chi connectivity index (χ2v) is 7.69. The number of nitrogens with zero attached hydrogens (tertiary/aromatic N) is 1. The fourth-order valence-electron chi connectivity index (χ4n) is 1.79. The summed E-state index contributed by atoms with van der Waals surface area (Å²) >= 11 is 0. The molecule has 22 heavy (non-hydrogen) atoms. The average Bonchev–Trinajstić information content (AvgIpc) is 2.37. The van der Waals surface area contributed by atoms with Crippen LogP contribution in [0.4, 0.5) is 5.69 Å². The van der Waals surface area contributed by atoms with Crippen molar-refractivity contribution in [3.63, 3.8) is 0 Å². The van der Waals surface area contributed by atoms with Gasteiger partial charge in [-0.05, 0) is 30.5 Å². The van der Waals surface area contributed by atoms with Crippen LogP contribution in [-0.4, -0.2) is 38.8 Å². The van der Waals surface area contributed by atoms with E-state index < -0.39 is 16.1 Å². The summed E-state index contributed by atoms with van der Waals surface area (Å²) in [6, 6.07) is 5.52. The van der Waals surface area contributed by atoms with Gasteiger partial charge in [0.2, 0.25) is 15.9 Å². The number of benzene rings is 1. The molecule has 8 heteroatoms. The number of halogens is 1. The van der Waals surface area contributed by atoms with Crippen molar-refractivity contribution >= 4 is 34.0 Å². The van der Waals surface area contributed by atoms with Gasteiger partial charge in [-0.3, -0.25) is 4.79 Å². The van der Waals surface area contributed by atoms with Crippen LogP contribution in [-0.2, 0) is 14.8 Å². The Kier molecular flexibility index (Phi) is 8.03. The predicted octanol–water partition coefficient (Wildman–Crippen LogP) is 1.67. The molecule has 0 aromatic heterocycles. The summed E-state index contributed by atoms with van der Waals surface area (Å²) in [4.78, 5) is 12.1. The zero-order valence-corrected chi connectivity index (χ0v) is 14.9. The minimum atomic E-state index is -3.52. The maximum Gasteiger partial charge on any atom is 0.242 e. The number of hydrogen-bond donors (Lipinski definition) is 2. The molecular formula is C14H24ClN3O3S. The molecule has 0 spiro atoms. The summed E-state index contributed by atoms with van der Waals surface area (Å²) in [6.45, 7) is 3.97. The van der Waals surface area contributed by atoms with E-state index >= 15 is 0 Å². The molecule has 0 heterocycles. The second kappa shape index (κ2) is 8.47. The monoisotopic (exact) mass is 349 g/mol. The molecule has 1 aromatic rings. The number of amides is 1. The number of anilines is 1. The van der Waals surface area contributed by atoms with Gasteiger partial charge in [0.15, 0.2) is 0 Å². The van der Waals surface area contributed by atoms with Crippen LogP contribution in [0.3, 0.4) is 0 Å². The number of carbonyl (C=O) groups is 1. The van der Waals surface area contributed by atoms with Crippen molar-refractivity contribution in [3.05, 3.63) is 24.3 Å². The first kappa shape index (κ1) is 20.9. The lowest BCUT2D eigenvalue weighted by atomic mass is 10.0. The molecular weight excluding hydrogens is 326 g/mol. The molecule has 126 valence electrons. The third kappa shape index (κ3) is 5.57. The first-order chi connectivity index (χ1) is 9.64. The van der Waals surface area contributed by atoms with Gasteiger partial charge in [-0.2, -0.15) is 0 Å². The van der Waals surface area contributed by atoms with Gasteiger partial charge < -0.3 is 11.1 Å². The van der Waals surface area contributed by atoms with E-state index in [9.17, 15) is 13.2 Å². The maximum atomic E-state index is 12.0. The third-order valence-corrected chi connectivity index (χ3v) is 4.75. The normalized spacial score (nSPS) is 12.9. The summed E-state index contributed by atoms with van der Waals surface area (Å²) < 4.78 is 25.2. The van der Waals surface area contributed by atoms with Gasteiger partial charge in [-0.1, -0.05) is 19.9 Å². The van der Waals surface area contributed by atoms with E-state index in [1.165, 1.54) is 26.2 Å². The highest BCUT2D eigenvalue weighted by Crippen LogP contribution is 2.18. The molecule has 0 saturated carbocycles. The Bertz CT molecular complexity index is 603. The zero-order valence-electron chi connectivity index (χ0n) is 13.2. The van der Waals surface area contributed by atoms with Crippen molar-refractivity contribution in [3.8, 4) is 0 Å². The van der Waals surface area contributed by atoms with Crippen molar-refractivity contribution in [2.45, 2.75) is 31.2 Å². The molecule has 0 bridgehead atoms. The van der Waals surface area contributed by atoms with Crippen molar-refractivity contribution in [1.82, 2.24) is 4.31 Å². The highest BCUT2D eigenvalue weighted by Gasteiger charge is 2.19. The van der Waals surface area contributed by atoms with E-state index in [-0.39, 0.29) is 23.2 Å². The standard InChI is InChI=1S/C14H23N3O3S.ClH/c1-10(2)8-13(15)14(18)16-11-6-5-7-12(9-11)21(19,20)17(3)4;/h5-7,9-10,13H,8,15H2,1-4H3,(H,16,18);1H/t13-;/m0./s1. The quantitative estimate of drug-likeness (QED) is 0.817. The van der Waals surface area contributed by atoms with Crippen LogP contribution in [0.5, 0.6) is 0 Å². The molecule has 0 aliphatic carbocycles. The van der Waals surface area contributed by atoms with Crippen LogP contribution >= 0.6 is 12.4 Å². The number of sulfonamides is 1. The van der Waals surface area contributed by atoms with Gasteiger partial charge in [-0.15, -0.1) is 12.4 Å². The molecule has 6 nitrogen and oxygen atoms in total. The van der Waals surface area contributed by atoms with Gasteiger partial charge >= 0.3 is 0 Å². The number of rotatable bonds is 6. The molecule has 0 unspecified atom stereocenters. The van der Waals surface area contributed by atoms with Gasteiger partial charge in [0.05, 0.1) is 10.9 Å². The van der Waals surface area contributed by atoms with Crippen LogP contribution < -0.4 is 11.1 Å². The summed E-state index contributed by atoms with van der Waals surface area (Å²) in [5.41, 5.74) is 6.22. The highest BCUT2D eigenvalue weighted by molar-refractivity contribution is 7.89. The smallest absolute Gasteiger partial charge is 0.242 e. The molecule has 0 radical (unpaired) electrons. The molecule has 1 amide bonds. The summed E-state index contributed by atoms with van der Waals surface area (Å²) in [7, 11) is -0.609. The Labute approximate surface area is 138 Å². The van der Waals surface area contributed by atoms with Crippen molar-refractivity contribution in [2.75, 3.05) is 19.4 Å². The second-order valence-electron chi connectivity index (χ2n) is 5.54. The number of carbonyl (C=O) groups excluding carboxylic acids is 1.